The molecule has 0 spiro atoms. The van der Waals surface area contributed by atoms with Crippen molar-refractivity contribution in [2.75, 3.05) is 7.05 Å². The summed E-state index contributed by atoms with van der Waals surface area (Å²) in [6.45, 7) is 4.90. The molecule has 3 rings (SSSR count). The Balaban J connectivity index is 1.52. The highest BCUT2D eigenvalue weighted by molar-refractivity contribution is 5.75. The molecular formula is C21H25FN2O. The zero-order valence-corrected chi connectivity index (χ0v) is 15.0. The van der Waals surface area contributed by atoms with Crippen molar-refractivity contribution in [1.82, 2.24) is 10.2 Å². The Bertz CT molecular complexity index is 742. The van der Waals surface area contributed by atoms with Gasteiger partial charge in [-0.3, -0.25) is 0 Å². The fraction of sp³-hybridized carbons (Fsp3) is 0.381. The minimum Gasteiger partial charge on any atom is -0.335 e. The molecule has 25 heavy (non-hydrogen) atoms. The van der Waals surface area contributed by atoms with Gasteiger partial charge in [0.25, 0.3) is 0 Å². The maximum Gasteiger partial charge on any atom is 0.317 e. The fourth-order valence-electron chi connectivity index (χ4n) is 3.08. The third-order valence-corrected chi connectivity index (χ3v) is 4.79. The van der Waals surface area contributed by atoms with Gasteiger partial charge in [-0.2, -0.15) is 0 Å². The highest BCUT2D eigenvalue weighted by atomic mass is 19.1. The van der Waals surface area contributed by atoms with Crippen molar-refractivity contribution >= 4 is 6.03 Å². The van der Waals surface area contributed by atoms with Crippen LogP contribution in [0.5, 0.6) is 0 Å². The Kier molecular flexibility index (Phi) is 5.07. The average molecular weight is 340 g/mol. The third-order valence-electron chi connectivity index (χ3n) is 4.79. The first kappa shape index (κ1) is 17.5. The van der Waals surface area contributed by atoms with Gasteiger partial charge >= 0.3 is 6.03 Å². The number of halogens is 1. The van der Waals surface area contributed by atoms with E-state index in [0.717, 1.165) is 17.5 Å². The number of nitrogens with zero attached hydrogens (tertiary/aromatic N) is 1. The number of hydrogen-bond donors (Lipinski definition) is 1. The Labute approximate surface area is 148 Å². The van der Waals surface area contributed by atoms with Crippen molar-refractivity contribution in [1.29, 1.82) is 0 Å². The lowest BCUT2D eigenvalue weighted by atomic mass is 10.0. The second kappa shape index (κ2) is 7.26. The molecule has 0 aromatic heterocycles. The van der Waals surface area contributed by atoms with Crippen molar-refractivity contribution in [3.05, 3.63) is 71.0 Å². The molecule has 0 heterocycles. The average Bonchev–Trinajstić information content (AvgIpc) is 3.34. The lowest BCUT2D eigenvalue weighted by Crippen LogP contribution is -2.38. The zero-order valence-electron chi connectivity index (χ0n) is 15.0. The molecule has 2 aromatic rings. The Morgan fingerprint density at radius 1 is 1.24 bits per heavy atom. The van der Waals surface area contributed by atoms with E-state index in [2.05, 4.69) is 43.4 Å². The van der Waals surface area contributed by atoms with Crippen molar-refractivity contribution in [3.63, 3.8) is 0 Å². The topological polar surface area (TPSA) is 32.3 Å². The molecule has 1 saturated carbocycles. The van der Waals surface area contributed by atoms with Crippen LogP contribution in [0.4, 0.5) is 9.18 Å². The first-order valence-electron chi connectivity index (χ1n) is 8.80. The van der Waals surface area contributed by atoms with E-state index in [1.54, 1.807) is 24.1 Å². The quantitative estimate of drug-likeness (QED) is 0.844. The van der Waals surface area contributed by atoms with E-state index in [1.165, 1.54) is 11.6 Å². The van der Waals surface area contributed by atoms with Gasteiger partial charge in [-0.25, -0.2) is 9.18 Å². The van der Waals surface area contributed by atoms with Crippen LogP contribution in [0.3, 0.4) is 0 Å². The molecule has 0 radical (unpaired) electrons. The van der Waals surface area contributed by atoms with Crippen LogP contribution in [0.2, 0.25) is 0 Å². The third kappa shape index (κ3) is 4.38. The van der Waals surface area contributed by atoms with Crippen molar-refractivity contribution in [2.24, 2.45) is 0 Å². The highest BCUT2D eigenvalue weighted by Gasteiger charge is 2.40. The van der Waals surface area contributed by atoms with Gasteiger partial charge < -0.3 is 10.2 Å². The van der Waals surface area contributed by atoms with Gasteiger partial charge in [-0.1, -0.05) is 50.2 Å². The Hall–Kier alpha value is -2.36. The lowest BCUT2D eigenvalue weighted by Gasteiger charge is -2.18. The standard InChI is InChI=1S/C21H25FN2O/c1-14(2)16-9-7-15(8-10-16)13-24(3)21(25)23-20-12-19(20)17-5-4-6-18(22)11-17/h4-11,14,19-20H,12-13H2,1-3H3,(H,23,25). The number of benzene rings is 2. The Morgan fingerprint density at radius 2 is 1.96 bits per heavy atom. The molecule has 1 aliphatic rings. The number of carbonyl (C=O) groups is 1. The fourth-order valence-corrected chi connectivity index (χ4v) is 3.08. The van der Waals surface area contributed by atoms with Crippen LogP contribution in [-0.2, 0) is 6.54 Å². The minimum atomic E-state index is -0.226. The summed E-state index contributed by atoms with van der Waals surface area (Å²) >= 11 is 0. The molecule has 2 atom stereocenters. The molecule has 0 saturated heterocycles. The van der Waals surface area contributed by atoms with Gasteiger partial charge in [0.2, 0.25) is 0 Å². The van der Waals surface area contributed by atoms with Gasteiger partial charge in [0.1, 0.15) is 5.82 Å². The summed E-state index contributed by atoms with van der Waals surface area (Å²) in [7, 11) is 1.80. The van der Waals surface area contributed by atoms with E-state index in [9.17, 15) is 9.18 Å². The summed E-state index contributed by atoms with van der Waals surface area (Å²) in [5.74, 6) is 0.500. The maximum absolute atomic E-state index is 13.3. The van der Waals surface area contributed by atoms with E-state index >= 15 is 0 Å². The molecule has 2 aromatic carbocycles. The number of rotatable bonds is 5. The molecule has 1 N–H and O–H groups in total. The van der Waals surface area contributed by atoms with Crippen molar-refractivity contribution < 1.29 is 9.18 Å². The summed E-state index contributed by atoms with van der Waals surface area (Å²) in [6, 6.07) is 15.0. The monoisotopic (exact) mass is 340 g/mol. The van der Waals surface area contributed by atoms with Gasteiger partial charge in [0, 0.05) is 25.6 Å². The summed E-state index contributed by atoms with van der Waals surface area (Å²) < 4.78 is 13.3. The maximum atomic E-state index is 13.3. The second-order valence-corrected chi connectivity index (χ2v) is 7.21. The number of hydrogen-bond acceptors (Lipinski definition) is 1. The predicted molar refractivity (Wildman–Crippen MR) is 98.1 cm³/mol. The van der Waals surface area contributed by atoms with E-state index in [-0.39, 0.29) is 23.8 Å². The molecule has 4 heteroatoms. The van der Waals surface area contributed by atoms with Crippen LogP contribution >= 0.6 is 0 Å². The van der Waals surface area contributed by atoms with Gasteiger partial charge in [0.15, 0.2) is 0 Å². The van der Waals surface area contributed by atoms with Crippen LogP contribution in [0.1, 0.15) is 48.8 Å². The molecular weight excluding hydrogens is 315 g/mol. The van der Waals surface area contributed by atoms with Gasteiger partial charge in [-0.05, 0) is 41.2 Å². The molecule has 0 bridgehead atoms. The van der Waals surface area contributed by atoms with E-state index < -0.39 is 0 Å². The summed E-state index contributed by atoms with van der Waals surface area (Å²) in [4.78, 5) is 14.0. The normalized spacial score (nSPS) is 18.9. The number of nitrogens with one attached hydrogen (secondary N) is 1. The van der Waals surface area contributed by atoms with E-state index in [0.29, 0.717) is 12.5 Å². The van der Waals surface area contributed by atoms with Gasteiger partial charge in [-0.15, -0.1) is 0 Å². The van der Waals surface area contributed by atoms with Gasteiger partial charge in [0.05, 0.1) is 0 Å². The summed E-state index contributed by atoms with van der Waals surface area (Å²) in [5, 5.41) is 3.04. The molecule has 2 amide bonds. The molecule has 1 fully saturated rings. The number of urea groups is 1. The first-order chi connectivity index (χ1) is 11.9. The molecule has 1 aliphatic carbocycles. The summed E-state index contributed by atoms with van der Waals surface area (Å²) in [6.07, 6.45) is 0.867. The van der Waals surface area contributed by atoms with Crippen LogP contribution in [0.15, 0.2) is 48.5 Å². The van der Waals surface area contributed by atoms with Crippen LogP contribution in [0, 0.1) is 5.82 Å². The first-order valence-corrected chi connectivity index (χ1v) is 8.80. The smallest absolute Gasteiger partial charge is 0.317 e. The van der Waals surface area contributed by atoms with Crippen molar-refractivity contribution in [2.45, 2.75) is 44.7 Å². The number of carbonyl (C=O) groups excluding carboxylic acids is 1. The Morgan fingerprint density at radius 3 is 2.60 bits per heavy atom. The van der Waals surface area contributed by atoms with E-state index in [4.69, 9.17) is 0 Å². The van der Waals surface area contributed by atoms with Crippen LogP contribution in [0.25, 0.3) is 0 Å². The second-order valence-electron chi connectivity index (χ2n) is 7.21. The molecule has 0 aliphatic heterocycles. The number of amides is 2. The molecule has 132 valence electrons. The largest absolute Gasteiger partial charge is 0.335 e. The predicted octanol–water partition coefficient (Wildman–Crippen LogP) is 4.65. The molecule has 3 nitrogen and oxygen atoms in total. The SMILES string of the molecule is CC(C)c1ccc(CN(C)C(=O)NC2CC2c2cccc(F)c2)cc1. The van der Waals surface area contributed by atoms with Crippen LogP contribution < -0.4 is 5.32 Å². The van der Waals surface area contributed by atoms with Crippen LogP contribution in [-0.4, -0.2) is 24.0 Å². The van der Waals surface area contributed by atoms with Crippen molar-refractivity contribution in [3.8, 4) is 0 Å². The zero-order chi connectivity index (χ0) is 18.0. The minimum absolute atomic E-state index is 0.0863. The summed E-state index contributed by atoms with van der Waals surface area (Å²) in [5.41, 5.74) is 3.36. The lowest BCUT2D eigenvalue weighted by molar-refractivity contribution is 0.206. The highest BCUT2D eigenvalue weighted by Crippen LogP contribution is 2.40. The van der Waals surface area contributed by atoms with E-state index in [1.807, 2.05) is 6.07 Å². The molecule has 2 unspecified atom stereocenters.